The lowest BCUT2D eigenvalue weighted by Crippen LogP contribution is -2.68. The molecule has 2 aliphatic rings. The third kappa shape index (κ3) is 9.31. The lowest BCUT2D eigenvalue weighted by Gasteiger charge is -2.46. The minimum atomic E-state index is -0.522. The van der Waals surface area contributed by atoms with Gasteiger partial charge in [0.15, 0.2) is 0 Å². The quantitative estimate of drug-likeness (QED) is 0.246. The van der Waals surface area contributed by atoms with Crippen molar-refractivity contribution in [2.24, 2.45) is 0 Å². The fraction of sp³-hybridized carbons (Fsp3) is 0.276. The molecule has 0 radical (unpaired) electrons. The van der Waals surface area contributed by atoms with Crippen LogP contribution >= 0.6 is 11.8 Å². The molecular formula is C29H34N2O5S. The van der Waals surface area contributed by atoms with E-state index in [-0.39, 0.29) is 41.4 Å². The van der Waals surface area contributed by atoms with Gasteiger partial charge in [0.25, 0.3) is 5.91 Å². The Morgan fingerprint density at radius 2 is 2.00 bits per heavy atom. The number of hydrogen-bond donors (Lipinski definition) is 2. The highest BCUT2D eigenvalue weighted by atomic mass is 32.2. The maximum Gasteiger partial charge on any atom is 0.303 e. The summed E-state index contributed by atoms with van der Waals surface area (Å²) in [7, 11) is 0. The van der Waals surface area contributed by atoms with E-state index in [9.17, 15) is 19.5 Å². The van der Waals surface area contributed by atoms with Crippen LogP contribution in [0.3, 0.4) is 0 Å². The highest BCUT2D eigenvalue weighted by molar-refractivity contribution is 8.00. The first-order valence-electron chi connectivity index (χ1n) is 11.9. The predicted molar refractivity (Wildman–Crippen MR) is 148 cm³/mol. The van der Waals surface area contributed by atoms with Crippen LogP contribution in [0.25, 0.3) is 0 Å². The standard InChI is InChI=1S/C15H18O2.C14H16N2O3S/c1-3-4-5-9-12-15(17-13(2)16)14-10-7-6-8-11-14;1-3-5-9(4-2)6-11(18)15-12-13(19)16-7-10(17)8-20-14(12)16/h3-11,15H,12H2,1-2H3;3-5,7,12,14,17H,1-2,6,8H2,(H,15,18)/b4-3-,9-5-;9-5+/t;12?,14-/m.1/s1. The molecule has 2 unspecified atom stereocenters. The molecule has 8 heteroatoms. The van der Waals surface area contributed by atoms with Crippen molar-refractivity contribution in [1.29, 1.82) is 0 Å². The fourth-order valence-corrected chi connectivity index (χ4v) is 4.69. The second kappa shape index (κ2) is 15.4. The molecule has 1 aromatic rings. The average molecular weight is 523 g/mol. The number of ether oxygens (including phenoxy) is 1. The largest absolute Gasteiger partial charge is 0.510 e. The number of esters is 1. The molecule has 0 saturated carbocycles. The first-order valence-corrected chi connectivity index (χ1v) is 12.9. The van der Waals surface area contributed by atoms with Crippen molar-refractivity contribution in [3.05, 3.63) is 109 Å². The number of aliphatic hydroxyl groups excluding tert-OH is 1. The first kappa shape index (κ1) is 29.5. The van der Waals surface area contributed by atoms with Crippen LogP contribution < -0.4 is 5.32 Å². The second-order valence-electron chi connectivity index (χ2n) is 8.17. The summed E-state index contributed by atoms with van der Waals surface area (Å²) in [5.41, 5.74) is 1.77. The van der Waals surface area contributed by atoms with Crippen molar-refractivity contribution in [1.82, 2.24) is 10.2 Å². The van der Waals surface area contributed by atoms with E-state index < -0.39 is 6.04 Å². The molecule has 2 amide bonds. The smallest absolute Gasteiger partial charge is 0.303 e. The van der Waals surface area contributed by atoms with Gasteiger partial charge >= 0.3 is 5.97 Å². The number of nitrogens with one attached hydrogen (secondary N) is 1. The average Bonchev–Trinajstić information content (AvgIpc) is 2.89. The molecule has 7 nitrogen and oxygen atoms in total. The Hall–Kier alpha value is -3.78. The maximum atomic E-state index is 11.9. The van der Waals surface area contributed by atoms with Crippen molar-refractivity contribution >= 4 is 29.5 Å². The summed E-state index contributed by atoms with van der Waals surface area (Å²) in [6, 6.07) is 9.26. The summed E-state index contributed by atoms with van der Waals surface area (Å²) < 4.78 is 5.30. The van der Waals surface area contributed by atoms with Crippen LogP contribution in [-0.4, -0.2) is 45.0 Å². The Balaban J connectivity index is 0.000000264. The molecule has 2 N–H and O–H groups in total. The van der Waals surface area contributed by atoms with Crippen LogP contribution in [0.1, 0.15) is 38.4 Å². The zero-order chi connectivity index (χ0) is 27.2. The molecule has 0 aromatic heterocycles. The molecule has 2 aliphatic heterocycles. The molecule has 37 heavy (non-hydrogen) atoms. The van der Waals surface area contributed by atoms with Crippen LogP contribution in [0.2, 0.25) is 0 Å². The van der Waals surface area contributed by atoms with Crippen LogP contribution in [0.5, 0.6) is 0 Å². The van der Waals surface area contributed by atoms with Crippen molar-refractivity contribution < 1.29 is 24.2 Å². The molecule has 196 valence electrons. The van der Waals surface area contributed by atoms with E-state index in [2.05, 4.69) is 18.5 Å². The summed E-state index contributed by atoms with van der Waals surface area (Å²) in [6.07, 6.45) is 14.8. The van der Waals surface area contributed by atoms with E-state index >= 15 is 0 Å². The van der Waals surface area contributed by atoms with Gasteiger partial charge in [-0.3, -0.25) is 19.3 Å². The van der Waals surface area contributed by atoms with Gasteiger partial charge in [-0.1, -0.05) is 86.0 Å². The highest BCUT2D eigenvalue weighted by Gasteiger charge is 2.49. The van der Waals surface area contributed by atoms with E-state index in [0.29, 0.717) is 12.2 Å². The number of rotatable bonds is 10. The number of thioether (sulfide) groups is 1. The zero-order valence-electron chi connectivity index (χ0n) is 21.2. The number of aliphatic hydroxyl groups is 1. The van der Waals surface area contributed by atoms with Crippen LogP contribution in [0, 0.1) is 0 Å². The topological polar surface area (TPSA) is 95.9 Å². The third-order valence-electron chi connectivity index (χ3n) is 5.31. The lowest BCUT2D eigenvalue weighted by molar-refractivity contribution is -0.146. The van der Waals surface area contributed by atoms with E-state index in [4.69, 9.17) is 4.74 Å². The Bertz CT molecular complexity index is 1090. The first-order chi connectivity index (χ1) is 17.8. The maximum absolute atomic E-state index is 11.9. The minimum Gasteiger partial charge on any atom is -0.510 e. The van der Waals surface area contributed by atoms with Gasteiger partial charge in [0.05, 0.1) is 12.2 Å². The minimum absolute atomic E-state index is 0.127. The van der Waals surface area contributed by atoms with E-state index in [1.807, 2.05) is 61.6 Å². The van der Waals surface area contributed by atoms with Gasteiger partial charge in [0, 0.05) is 19.5 Å². The van der Waals surface area contributed by atoms with Gasteiger partial charge < -0.3 is 15.2 Å². The summed E-state index contributed by atoms with van der Waals surface area (Å²) in [6.45, 7) is 10.6. The van der Waals surface area contributed by atoms with Crippen molar-refractivity contribution in [3.63, 3.8) is 0 Å². The summed E-state index contributed by atoms with van der Waals surface area (Å²) >= 11 is 1.43. The third-order valence-corrected chi connectivity index (χ3v) is 6.62. The molecule has 0 aliphatic carbocycles. The van der Waals surface area contributed by atoms with Gasteiger partial charge in [0.2, 0.25) is 5.91 Å². The van der Waals surface area contributed by atoms with E-state index in [1.54, 1.807) is 18.2 Å². The normalized spacial score (nSPS) is 19.6. The number of carbonyl (C=O) groups is 3. The SMILES string of the molecule is C/C=C\C=C/CC(OC(C)=O)c1ccccc1.C=C/C=C(\C=C)CC(=O)NC1C(=O)N2C=C(O)CS[C@H]12. The number of fused-ring (bicyclic) bond motifs is 1. The number of nitrogens with zero attached hydrogens (tertiary/aromatic N) is 1. The summed E-state index contributed by atoms with van der Waals surface area (Å²) in [5, 5.41) is 11.9. The molecular weight excluding hydrogens is 488 g/mol. The fourth-order valence-electron chi connectivity index (χ4n) is 3.57. The van der Waals surface area contributed by atoms with Gasteiger partial charge in [-0.05, 0) is 18.1 Å². The Morgan fingerprint density at radius 3 is 2.62 bits per heavy atom. The molecule has 1 aromatic carbocycles. The summed E-state index contributed by atoms with van der Waals surface area (Å²) in [4.78, 5) is 36.2. The van der Waals surface area contributed by atoms with Crippen LogP contribution in [-0.2, 0) is 19.1 Å². The van der Waals surface area contributed by atoms with Crippen molar-refractivity contribution in [3.8, 4) is 0 Å². The predicted octanol–water partition coefficient (Wildman–Crippen LogP) is 5.29. The number of hydrogen-bond acceptors (Lipinski definition) is 6. The second-order valence-corrected chi connectivity index (χ2v) is 9.27. The van der Waals surface area contributed by atoms with Crippen molar-refractivity contribution in [2.75, 3.05) is 5.75 Å². The molecule has 2 heterocycles. The van der Waals surface area contributed by atoms with Gasteiger partial charge in [-0.25, -0.2) is 0 Å². The van der Waals surface area contributed by atoms with E-state index in [0.717, 1.165) is 11.1 Å². The Morgan fingerprint density at radius 1 is 1.27 bits per heavy atom. The lowest BCUT2D eigenvalue weighted by atomic mass is 10.1. The zero-order valence-corrected chi connectivity index (χ0v) is 22.0. The van der Waals surface area contributed by atoms with Crippen molar-refractivity contribution in [2.45, 2.75) is 44.2 Å². The van der Waals surface area contributed by atoms with Crippen LogP contribution in [0.15, 0.2) is 104 Å². The summed E-state index contributed by atoms with van der Waals surface area (Å²) in [5.74, 6) is -0.0504. The van der Waals surface area contributed by atoms with Gasteiger partial charge in [0.1, 0.15) is 23.3 Å². The monoisotopic (exact) mass is 522 g/mol. The molecule has 0 spiro atoms. The molecule has 1 fully saturated rings. The van der Waals surface area contributed by atoms with Gasteiger partial charge in [-0.2, -0.15) is 0 Å². The highest BCUT2D eigenvalue weighted by Crippen LogP contribution is 2.35. The number of carbonyl (C=O) groups excluding carboxylic acids is 3. The molecule has 1 saturated heterocycles. The number of β-lactam (4-membered cyclic amide) rings is 1. The Kier molecular flexibility index (Phi) is 12.2. The molecule has 3 atom stereocenters. The van der Waals surface area contributed by atoms with E-state index in [1.165, 1.54) is 29.8 Å². The number of allylic oxidation sites excluding steroid dienone is 6. The number of benzene rings is 1. The molecule has 3 rings (SSSR count). The molecule has 0 bridgehead atoms. The Labute approximate surface area is 223 Å². The number of amides is 2. The van der Waals surface area contributed by atoms with Gasteiger partial charge in [-0.15, -0.1) is 11.8 Å². The van der Waals surface area contributed by atoms with Crippen LogP contribution in [0.4, 0.5) is 0 Å².